The van der Waals surface area contributed by atoms with Crippen molar-refractivity contribution in [2.45, 2.75) is 44.4 Å². The van der Waals surface area contributed by atoms with E-state index >= 15 is 0 Å². The normalized spacial score (nSPS) is 10.7. The number of nitrogens with zero attached hydrogens (tertiary/aromatic N) is 1. The van der Waals surface area contributed by atoms with Crippen LogP contribution in [0.4, 0.5) is 0 Å². The summed E-state index contributed by atoms with van der Waals surface area (Å²) in [6.45, 7) is 11.9. The zero-order valence-electron chi connectivity index (χ0n) is 14.6. The molecule has 0 spiro atoms. The van der Waals surface area contributed by atoms with Gasteiger partial charge in [-0.15, -0.1) is 0 Å². The molecule has 2 aromatic rings. The highest BCUT2D eigenvalue weighted by atomic mass is 32.2. The second kappa shape index (κ2) is 7.69. The molecule has 3 heteroatoms. The first-order valence-corrected chi connectivity index (χ1v) is 8.93. The molecule has 1 amide bonds. The second-order valence-electron chi connectivity index (χ2n) is 5.78. The molecule has 2 rings (SSSR count). The van der Waals surface area contributed by atoms with E-state index in [0.717, 1.165) is 23.5 Å². The van der Waals surface area contributed by atoms with E-state index in [1.165, 1.54) is 21.6 Å². The molecule has 0 saturated carbocycles. The number of carbonyl (C=O) groups is 1. The van der Waals surface area contributed by atoms with Gasteiger partial charge in [-0.05, 0) is 69.5 Å². The summed E-state index contributed by atoms with van der Waals surface area (Å²) in [6, 6.07) is 12.3. The van der Waals surface area contributed by atoms with Crippen LogP contribution < -0.4 is 0 Å². The third kappa shape index (κ3) is 3.97. The van der Waals surface area contributed by atoms with Gasteiger partial charge in [0.05, 0.1) is 5.56 Å². The number of benzene rings is 2. The smallest absolute Gasteiger partial charge is 0.254 e. The average molecular weight is 327 g/mol. The van der Waals surface area contributed by atoms with Crippen molar-refractivity contribution in [1.29, 1.82) is 0 Å². The summed E-state index contributed by atoms with van der Waals surface area (Å²) in [5.41, 5.74) is 4.63. The van der Waals surface area contributed by atoms with Crippen LogP contribution in [0.15, 0.2) is 46.2 Å². The molecule has 0 aliphatic carbocycles. The van der Waals surface area contributed by atoms with Gasteiger partial charge < -0.3 is 4.90 Å². The van der Waals surface area contributed by atoms with Crippen molar-refractivity contribution < 1.29 is 4.79 Å². The van der Waals surface area contributed by atoms with E-state index < -0.39 is 0 Å². The predicted molar refractivity (Wildman–Crippen MR) is 98.5 cm³/mol. The highest BCUT2D eigenvalue weighted by Gasteiger charge is 2.17. The maximum Gasteiger partial charge on any atom is 0.254 e. The van der Waals surface area contributed by atoms with Crippen LogP contribution in [0.25, 0.3) is 0 Å². The Morgan fingerprint density at radius 1 is 0.913 bits per heavy atom. The molecule has 0 heterocycles. The van der Waals surface area contributed by atoms with Gasteiger partial charge >= 0.3 is 0 Å². The van der Waals surface area contributed by atoms with Gasteiger partial charge in [0.15, 0.2) is 0 Å². The van der Waals surface area contributed by atoms with Gasteiger partial charge in [-0.2, -0.15) is 0 Å². The van der Waals surface area contributed by atoms with Crippen LogP contribution in [0.1, 0.15) is 40.9 Å². The third-order valence-corrected chi connectivity index (χ3v) is 5.41. The van der Waals surface area contributed by atoms with E-state index in [4.69, 9.17) is 0 Å². The molecule has 0 N–H and O–H groups in total. The van der Waals surface area contributed by atoms with E-state index in [1.54, 1.807) is 11.8 Å². The van der Waals surface area contributed by atoms with Gasteiger partial charge in [0.2, 0.25) is 0 Å². The Kier molecular flexibility index (Phi) is 5.89. The summed E-state index contributed by atoms with van der Waals surface area (Å²) in [5, 5.41) is 0. The number of hydrogen-bond acceptors (Lipinski definition) is 2. The number of amides is 1. The summed E-state index contributed by atoms with van der Waals surface area (Å²) >= 11 is 1.68. The van der Waals surface area contributed by atoms with E-state index in [2.05, 4.69) is 32.9 Å². The Bertz CT molecular complexity index is 705. The van der Waals surface area contributed by atoms with Crippen LogP contribution >= 0.6 is 11.8 Å². The minimum atomic E-state index is 0.111. The third-order valence-electron chi connectivity index (χ3n) is 4.18. The zero-order valence-corrected chi connectivity index (χ0v) is 15.5. The molecule has 23 heavy (non-hydrogen) atoms. The molecule has 0 radical (unpaired) electrons. The molecule has 0 atom stereocenters. The molecule has 2 nitrogen and oxygen atoms in total. The van der Waals surface area contributed by atoms with Gasteiger partial charge in [-0.1, -0.05) is 30.0 Å². The number of carbonyl (C=O) groups excluding carboxylic acids is 1. The largest absolute Gasteiger partial charge is 0.339 e. The SMILES string of the molecule is CCN(CC)C(=O)c1ccccc1Sc1cc(C)c(C)cc1C. The van der Waals surface area contributed by atoms with E-state index in [-0.39, 0.29) is 5.91 Å². The van der Waals surface area contributed by atoms with E-state index in [9.17, 15) is 4.79 Å². The minimum absolute atomic E-state index is 0.111. The van der Waals surface area contributed by atoms with Crippen molar-refractivity contribution in [2.75, 3.05) is 13.1 Å². The zero-order chi connectivity index (χ0) is 17.0. The first-order chi connectivity index (χ1) is 11.0. The lowest BCUT2D eigenvalue weighted by molar-refractivity contribution is 0.0769. The standard InChI is InChI=1S/C20H25NOS/c1-6-21(7-2)20(22)17-10-8-9-11-18(17)23-19-13-15(4)14(3)12-16(19)5/h8-13H,6-7H2,1-5H3. The lowest BCUT2D eigenvalue weighted by atomic mass is 10.1. The van der Waals surface area contributed by atoms with Crippen LogP contribution in [0.3, 0.4) is 0 Å². The maximum atomic E-state index is 12.7. The predicted octanol–water partition coefficient (Wildman–Crippen LogP) is 5.25. The van der Waals surface area contributed by atoms with Crippen molar-refractivity contribution in [3.8, 4) is 0 Å². The Morgan fingerprint density at radius 3 is 2.17 bits per heavy atom. The highest BCUT2D eigenvalue weighted by molar-refractivity contribution is 7.99. The number of rotatable bonds is 5. The lowest BCUT2D eigenvalue weighted by Crippen LogP contribution is -2.30. The lowest BCUT2D eigenvalue weighted by Gasteiger charge is -2.20. The van der Waals surface area contributed by atoms with Gasteiger partial charge in [0.1, 0.15) is 0 Å². The Hall–Kier alpha value is -1.74. The maximum absolute atomic E-state index is 12.7. The molecule has 0 unspecified atom stereocenters. The van der Waals surface area contributed by atoms with Crippen molar-refractivity contribution in [2.24, 2.45) is 0 Å². The van der Waals surface area contributed by atoms with Gasteiger partial charge in [0, 0.05) is 22.9 Å². The van der Waals surface area contributed by atoms with Gasteiger partial charge in [0.25, 0.3) is 5.91 Å². The fourth-order valence-corrected chi connectivity index (χ4v) is 3.68. The molecule has 0 saturated heterocycles. The molecule has 0 aliphatic heterocycles. The fourth-order valence-electron chi connectivity index (χ4n) is 2.58. The Morgan fingerprint density at radius 2 is 1.52 bits per heavy atom. The van der Waals surface area contributed by atoms with Crippen molar-refractivity contribution in [3.05, 3.63) is 58.7 Å². The first kappa shape index (κ1) is 17.6. The topological polar surface area (TPSA) is 20.3 Å². The highest BCUT2D eigenvalue weighted by Crippen LogP contribution is 2.34. The molecule has 2 aromatic carbocycles. The first-order valence-electron chi connectivity index (χ1n) is 8.11. The number of hydrogen-bond donors (Lipinski definition) is 0. The summed E-state index contributed by atoms with van der Waals surface area (Å²) < 4.78 is 0. The summed E-state index contributed by atoms with van der Waals surface area (Å²) in [4.78, 5) is 16.8. The van der Waals surface area contributed by atoms with Crippen molar-refractivity contribution in [1.82, 2.24) is 4.90 Å². The molecular weight excluding hydrogens is 302 g/mol. The molecular formula is C20H25NOS. The Balaban J connectivity index is 2.38. The monoisotopic (exact) mass is 327 g/mol. The van der Waals surface area contributed by atoms with Gasteiger partial charge in [-0.3, -0.25) is 4.79 Å². The Labute approximate surface area is 143 Å². The summed E-state index contributed by atoms with van der Waals surface area (Å²) in [6.07, 6.45) is 0. The molecule has 0 aromatic heterocycles. The van der Waals surface area contributed by atoms with Gasteiger partial charge in [-0.25, -0.2) is 0 Å². The van der Waals surface area contributed by atoms with Crippen LogP contribution in [0.2, 0.25) is 0 Å². The fraction of sp³-hybridized carbons (Fsp3) is 0.350. The van der Waals surface area contributed by atoms with E-state index in [1.807, 2.05) is 43.0 Å². The van der Waals surface area contributed by atoms with Crippen LogP contribution in [0, 0.1) is 20.8 Å². The molecule has 0 bridgehead atoms. The summed E-state index contributed by atoms with van der Waals surface area (Å²) in [5.74, 6) is 0.111. The molecule has 122 valence electrons. The quantitative estimate of drug-likeness (QED) is 0.748. The average Bonchev–Trinajstić information content (AvgIpc) is 2.54. The minimum Gasteiger partial charge on any atom is -0.339 e. The second-order valence-corrected chi connectivity index (χ2v) is 6.86. The molecule has 0 fully saturated rings. The molecule has 0 aliphatic rings. The van der Waals surface area contributed by atoms with E-state index in [0.29, 0.717) is 0 Å². The van der Waals surface area contributed by atoms with Crippen LogP contribution in [0.5, 0.6) is 0 Å². The van der Waals surface area contributed by atoms with Crippen LogP contribution in [-0.2, 0) is 0 Å². The van der Waals surface area contributed by atoms with Crippen molar-refractivity contribution >= 4 is 17.7 Å². The van der Waals surface area contributed by atoms with Crippen molar-refractivity contribution in [3.63, 3.8) is 0 Å². The summed E-state index contributed by atoms with van der Waals surface area (Å²) in [7, 11) is 0. The number of aryl methyl sites for hydroxylation is 3. The van der Waals surface area contributed by atoms with Crippen LogP contribution in [-0.4, -0.2) is 23.9 Å².